The Hall–Kier alpha value is -2.05. The Kier molecular flexibility index (Phi) is 7.48. The van der Waals surface area contributed by atoms with Gasteiger partial charge in [-0.15, -0.1) is 0 Å². The highest BCUT2D eigenvalue weighted by Gasteiger charge is 2.15. The van der Waals surface area contributed by atoms with Gasteiger partial charge in [0.1, 0.15) is 6.54 Å². The topological polar surface area (TPSA) is 52.0 Å². The molecule has 0 aromatic heterocycles. The van der Waals surface area contributed by atoms with Crippen molar-refractivity contribution < 1.29 is 19.2 Å². The fourth-order valence-corrected chi connectivity index (χ4v) is 3.07. The van der Waals surface area contributed by atoms with Crippen molar-refractivity contribution in [2.45, 2.75) is 19.5 Å². The Morgan fingerprint density at radius 2 is 1.77 bits per heavy atom. The van der Waals surface area contributed by atoms with Crippen molar-refractivity contribution in [2.24, 2.45) is 0 Å². The number of halogens is 1. The second-order valence-corrected chi connectivity index (χ2v) is 7.26. The summed E-state index contributed by atoms with van der Waals surface area (Å²) < 4.78 is 11.6. The van der Waals surface area contributed by atoms with E-state index >= 15 is 0 Å². The maximum atomic E-state index is 12.3. The van der Waals surface area contributed by atoms with Gasteiger partial charge in [0.15, 0.2) is 18.0 Å². The van der Waals surface area contributed by atoms with Crippen molar-refractivity contribution >= 4 is 21.8 Å². The molecule has 1 unspecified atom stereocenters. The van der Waals surface area contributed by atoms with Gasteiger partial charge in [-0.2, -0.15) is 0 Å². The third-order valence-electron chi connectivity index (χ3n) is 4.16. The van der Waals surface area contributed by atoms with Crippen molar-refractivity contribution in [1.29, 1.82) is 0 Å². The monoisotopic (exact) mass is 421 g/mol. The molecule has 2 rings (SSSR count). The predicted octanol–water partition coefficient (Wildman–Crippen LogP) is 2.36. The molecule has 1 amide bonds. The molecule has 5 nitrogen and oxygen atoms in total. The van der Waals surface area contributed by atoms with Crippen LogP contribution in [0.3, 0.4) is 0 Å². The van der Waals surface area contributed by atoms with Crippen LogP contribution in [0.4, 0.5) is 0 Å². The first-order valence-electron chi connectivity index (χ1n) is 8.50. The van der Waals surface area contributed by atoms with E-state index in [-0.39, 0.29) is 11.9 Å². The van der Waals surface area contributed by atoms with Crippen LogP contribution in [0, 0.1) is 0 Å². The molecule has 0 spiro atoms. The summed E-state index contributed by atoms with van der Waals surface area (Å²) in [6.07, 6.45) is 0. The summed E-state index contributed by atoms with van der Waals surface area (Å²) in [5.41, 5.74) is 2.17. The molecule has 0 saturated heterocycles. The standard InChI is InChI=1S/C20H25BrN2O3/c1-14(16-6-8-17(21)9-7-16)22-20(24)13-23(2)12-15-5-10-18(25-3)19(11-15)26-4/h5-11,14H,12-13H2,1-4H3,(H,22,24)/p+1/t14-/m0/s1. The zero-order chi connectivity index (χ0) is 19.1. The minimum Gasteiger partial charge on any atom is -0.493 e. The van der Waals surface area contributed by atoms with Crippen molar-refractivity contribution in [3.8, 4) is 11.5 Å². The lowest BCUT2D eigenvalue weighted by atomic mass is 10.1. The molecule has 26 heavy (non-hydrogen) atoms. The van der Waals surface area contributed by atoms with Crippen molar-refractivity contribution in [1.82, 2.24) is 5.32 Å². The first-order chi connectivity index (χ1) is 12.4. The summed E-state index contributed by atoms with van der Waals surface area (Å²) in [6, 6.07) is 13.8. The number of hydrogen-bond acceptors (Lipinski definition) is 3. The van der Waals surface area contributed by atoms with Crippen LogP contribution in [-0.4, -0.2) is 33.7 Å². The second-order valence-electron chi connectivity index (χ2n) is 6.34. The highest BCUT2D eigenvalue weighted by atomic mass is 79.9. The average molecular weight is 422 g/mol. The number of carbonyl (C=O) groups excluding carboxylic acids is 1. The van der Waals surface area contributed by atoms with E-state index in [1.54, 1.807) is 14.2 Å². The van der Waals surface area contributed by atoms with Crippen molar-refractivity contribution in [2.75, 3.05) is 27.8 Å². The van der Waals surface area contributed by atoms with E-state index in [1.165, 1.54) is 0 Å². The number of likely N-dealkylation sites (N-methyl/N-ethyl adjacent to an activating group) is 1. The largest absolute Gasteiger partial charge is 0.493 e. The van der Waals surface area contributed by atoms with E-state index in [2.05, 4.69) is 21.2 Å². The highest BCUT2D eigenvalue weighted by Crippen LogP contribution is 2.27. The van der Waals surface area contributed by atoms with Gasteiger partial charge in [0.2, 0.25) is 0 Å². The molecule has 0 fully saturated rings. The van der Waals surface area contributed by atoms with Gasteiger partial charge in [-0.3, -0.25) is 4.79 Å². The molecular formula is C20H26BrN2O3+. The lowest BCUT2D eigenvalue weighted by Crippen LogP contribution is -3.08. The third kappa shape index (κ3) is 5.75. The van der Waals surface area contributed by atoms with Gasteiger partial charge >= 0.3 is 0 Å². The van der Waals surface area contributed by atoms with Gasteiger partial charge in [0.05, 0.1) is 27.3 Å². The SMILES string of the molecule is COc1ccc(C[NH+](C)CC(=O)N[C@@H](C)c2ccc(Br)cc2)cc1OC. The number of nitrogens with one attached hydrogen (secondary N) is 2. The van der Waals surface area contributed by atoms with Crippen LogP contribution in [0.1, 0.15) is 24.1 Å². The lowest BCUT2D eigenvalue weighted by Gasteiger charge is -2.18. The van der Waals surface area contributed by atoms with Crippen LogP contribution < -0.4 is 19.7 Å². The quantitative estimate of drug-likeness (QED) is 0.687. The zero-order valence-corrected chi connectivity index (χ0v) is 17.2. The molecule has 2 atom stereocenters. The van der Waals surface area contributed by atoms with Crippen LogP contribution in [0.25, 0.3) is 0 Å². The minimum absolute atomic E-state index is 0.0236. The second kappa shape index (κ2) is 9.59. The Morgan fingerprint density at radius 3 is 2.38 bits per heavy atom. The number of amides is 1. The summed E-state index contributed by atoms with van der Waals surface area (Å²) >= 11 is 3.42. The van der Waals surface area contributed by atoms with Crippen molar-refractivity contribution in [3.05, 3.63) is 58.1 Å². The van der Waals surface area contributed by atoms with Gasteiger partial charge < -0.3 is 19.7 Å². The van der Waals surface area contributed by atoms with E-state index in [9.17, 15) is 4.79 Å². The van der Waals surface area contributed by atoms with E-state index in [4.69, 9.17) is 9.47 Å². The number of carbonyl (C=O) groups is 1. The number of benzene rings is 2. The van der Waals surface area contributed by atoms with Crippen LogP contribution in [0.5, 0.6) is 11.5 Å². The fraction of sp³-hybridized carbons (Fsp3) is 0.350. The number of rotatable bonds is 8. The lowest BCUT2D eigenvalue weighted by molar-refractivity contribution is -0.885. The number of methoxy groups -OCH3 is 2. The first kappa shape index (κ1) is 20.3. The summed E-state index contributed by atoms with van der Waals surface area (Å²) in [5, 5.41) is 3.05. The molecule has 2 N–H and O–H groups in total. The first-order valence-corrected chi connectivity index (χ1v) is 9.29. The summed E-state index contributed by atoms with van der Waals surface area (Å²) in [4.78, 5) is 13.4. The zero-order valence-electron chi connectivity index (χ0n) is 15.6. The van der Waals surface area contributed by atoms with Gasteiger partial charge in [0.25, 0.3) is 5.91 Å². The van der Waals surface area contributed by atoms with Crippen LogP contribution in [-0.2, 0) is 11.3 Å². The summed E-state index contributed by atoms with van der Waals surface area (Å²) in [6.45, 7) is 3.11. The minimum atomic E-state index is -0.0236. The van der Waals surface area contributed by atoms with Gasteiger partial charge in [0, 0.05) is 10.0 Å². The van der Waals surface area contributed by atoms with Crippen LogP contribution in [0.15, 0.2) is 46.9 Å². The maximum Gasteiger partial charge on any atom is 0.275 e. The Bertz CT molecular complexity index is 734. The molecule has 0 aliphatic carbocycles. The number of quaternary nitrogens is 1. The Morgan fingerprint density at radius 1 is 1.12 bits per heavy atom. The molecule has 0 saturated carbocycles. The molecule has 0 radical (unpaired) electrons. The molecule has 2 aromatic rings. The van der Waals surface area contributed by atoms with E-state index in [0.717, 1.165) is 27.0 Å². The van der Waals surface area contributed by atoms with Crippen LogP contribution in [0.2, 0.25) is 0 Å². The highest BCUT2D eigenvalue weighted by molar-refractivity contribution is 9.10. The smallest absolute Gasteiger partial charge is 0.275 e. The number of ether oxygens (including phenoxy) is 2. The van der Waals surface area contributed by atoms with E-state index < -0.39 is 0 Å². The summed E-state index contributed by atoms with van der Waals surface area (Å²) in [5.74, 6) is 1.43. The fourth-order valence-electron chi connectivity index (χ4n) is 2.80. The molecule has 6 heteroatoms. The van der Waals surface area contributed by atoms with E-state index in [0.29, 0.717) is 18.0 Å². The number of hydrogen-bond donors (Lipinski definition) is 2. The Labute approximate surface area is 163 Å². The van der Waals surface area contributed by atoms with E-state index in [1.807, 2.05) is 56.4 Å². The molecule has 0 aliphatic rings. The average Bonchev–Trinajstić information content (AvgIpc) is 2.61. The molecule has 2 aromatic carbocycles. The molecular weight excluding hydrogens is 396 g/mol. The van der Waals surface area contributed by atoms with Gasteiger partial charge in [-0.25, -0.2) is 0 Å². The van der Waals surface area contributed by atoms with Crippen molar-refractivity contribution in [3.63, 3.8) is 0 Å². The Balaban J connectivity index is 1.89. The normalized spacial score (nSPS) is 13.0. The maximum absolute atomic E-state index is 12.3. The molecule has 0 aliphatic heterocycles. The predicted molar refractivity (Wildman–Crippen MR) is 106 cm³/mol. The molecule has 140 valence electrons. The van der Waals surface area contributed by atoms with Crippen LogP contribution >= 0.6 is 15.9 Å². The molecule has 0 bridgehead atoms. The summed E-state index contributed by atoms with van der Waals surface area (Å²) in [7, 11) is 5.24. The van der Waals surface area contributed by atoms with Gasteiger partial charge in [-0.1, -0.05) is 28.1 Å². The molecule has 0 heterocycles. The van der Waals surface area contributed by atoms with Gasteiger partial charge in [-0.05, 0) is 42.8 Å². The third-order valence-corrected chi connectivity index (χ3v) is 4.69.